The molecule has 4 nitrogen and oxygen atoms in total. The lowest BCUT2D eigenvalue weighted by Crippen LogP contribution is -2.31. The fourth-order valence-corrected chi connectivity index (χ4v) is 2.15. The predicted molar refractivity (Wildman–Crippen MR) is 60.4 cm³/mol. The second kappa shape index (κ2) is 4.60. The summed E-state index contributed by atoms with van der Waals surface area (Å²) in [5.74, 6) is 0.408. The molecule has 0 aliphatic carbocycles. The van der Waals surface area contributed by atoms with E-state index in [1.54, 1.807) is 6.33 Å². The molecular weight excluding hydrogens is 202 g/mol. The van der Waals surface area contributed by atoms with Crippen LogP contribution in [-0.4, -0.2) is 20.8 Å². The average molecular weight is 219 g/mol. The number of amides is 1. The Morgan fingerprint density at radius 1 is 1.44 bits per heavy atom. The van der Waals surface area contributed by atoms with E-state index in [2.05, 4.69) is 23.8 Å². The van der Waals surface area contributed by atoms with Crippen LogP contribution in [0.25, 0.3) is 0 Å². The van der Waals surface area contributed by atoms with Gasteiger partial charge in [0.25, 0.3) is 0 Å². The maximum absolute atomic E-state index is 12.2. The molecule has 0 unspecified atom stereocenters. The smallest absolute Gasteiger partial charge is 0.226 e. The highest BCUT2D eigenvalue weighted by molar-refractivity contribution is 5.79. The third kappa shape index (κ3) is 1.92. The third-order valence-electron chi connectivity index (χ3n) is 3.23. The second-order valence-electron chi connectivity index (χ2n) is 4.20. The number of nitrogens with zero attached hydrogens (tertiary/aromatic N) is 3. The molecule has 0 aromatic carbocycles. The molecule has 0 saturated carbocycles. The lowest BCUT2D eigenvalue weighted by molar-refractivity contribution is -0.136. The van der Waals surface area contributed by atoms with Crippen molar-refractivity contribution in [1.29, 1.82) is 0 Å². The number of carbonyl (C=O) groups excluding carboxylic acids is 1. The van der Waals surface area contributed by atoms with E-state index in [0.29, 0.717) is 13.1 Å². The minimum Gasteiger partial charge on any atom is -0.332 e. The molecule has 0 N–H and O–H groups in total. The van der Waals surface area contributed by atoms with Crippen molar-refractivity contribution in [1.82, 2.24) is 14.9 Å². The summed E-state index contributed by atoms with van der Waals surface area (Å²) in [4.78, 5) is 22.2. The van der Waals surface area contributed by atoms with Crippen molar-refractivity contribution in [3.8, 4) is 0 Å². The lowest BCUT2D eigenvalue weighted by atomic mass is 10.0. The van der Waals surface area contributed by atoms with Crippen LogP contribution < -0.4 is 0 Å². The summed E-state index contributed by atoms with van der Waals surface area (Å²) in [5, 5.41) is 0. The molecule has 16 heavy (non-hydrogen) atoms. The molecule has 0 atom stereocenters. The topological polar surface area (TPSA) is 46.1 Å². The van der Waals surface area contributed by atoms with Gasteiger partial charge in [-0.2, -0.15) is 0 Å². The van der Waals surface area contributed by atoms with Gasteiger partial charge in [0.1, 0.15) is 6.33 Å². The van der Waals surface area contributed by atoms with E-state index in [-0.39, 0.29) is 11.8 Å². The summed E-state index contributed by atoms with van der Waals surface area (Å²) in [6, 6.07) is 0. The summed E-state index contributed by atoms with van der Waals surface area (Å²) < 4.78 is 0. The highest BCUT2D eigenvalue weighted by Gasteiger charge is 2.27. The molecule has 1 aliphatic rings. The number of hydrogen-bond donors (Lipinski definition) is 0. The van der Waals surface area contributed by atoms with Gasteiger partial charge in [0.2, 0.25) is 5.91 Å². The lowest BCUT2D eigenvalue weighted by Gasteiger charge is -2.20. The van der Waals surface area contributed by atoms with Crippen LogP contribution in [0.5, 0.6) is 0 Å². The molecule has 0 saturated heterocycles. The molecule has 1 aromatic rings. The summed E-state index contributed by atoms with van der Waals surface area (Å²) >= 11 is 0. The van der Waals surface area contributed by atoms with Crippen molar-refractivity contribution >= 4 is 5.91 Å². The van der Waals surface area contributed by atoms with E-state index >= 15 is 0 Å². The normalized spacial score (nSPS) is 14.3. The summed E-state index contributed by atoms with van der Waals surface area (Å²) in [6.45, 7) is 5.45. The van der Waals surface area contributed by atoms with Gasteiger partial charge in [0.05, 0.1) is 12.2 Å². The van der Waals surface area contributed by atoms with Gasteiger partial charge < -0.3 is 4.90 Å². The number of aromatic nitrogens is 2. The number of hydrogen-bond acceptors (Lipinski definition) is 3. The molecule has 86 valence electrons. The zero-order valence-electron chi connectivity index (χ0n) is 9.81. The van der Waals surface area contributed by atoms with E-state index in [0.717, 1.165) is 24.1 Å². The van der Waals surface area contributed by atoms with Gasteiger partial charge in [-0.15, -0.1) is 0 Å². The van der Waals surface area contributed by atoms with Crippen LogP contribution in [0.1, 0.15) is 37.9 Å². The van der Waals surface area contributed by atoms with Gasteiger partial charge in [0, 0.05) is 24.2 Å². The number of rotatable bonds is 3. The highest BCUT2D eigenvalue weighted by atomic mass is 16.2. The largest absolute Gasteiger partial charge is 0.332 e. The van der Waals surface area contributed by atoms with Crippen LogP contribution in [0, 0.1) is 5.92 Å². The first kappa shape index (κ1) is 11.0. The van der Waals surface area contributed by atoms with E-state index in [9.17, 15) is 4.79 Å². The maximum atomic E-state index is 12.2. The first-order valence-corrected chi connectivity index (χ1v) is 5.82. The minimum atomic E-state index is 0.155. The van der Waals surface area contributed by atoms with Gasteiger partial charge in [-0.3, -0.25) is 4.79 Å². The molecule has 1 amide bonds. The number of carbonyl (C=O) groups is 1. The molecule has 2 heterocycles. The van der Waals surface area contributed by atoms with Crippen LogP contribution in [0.3, 0.4) is 0 Å². The Kier molecular flexibility index (Phi) is 3.17. The van der Waals surface area contributed by atoms with Crippen molar-refractivity contribution in [3.63, 3.8) is 0 Å². The molecule has 0 bridgehead atoms. The Balaban J connectivity index is 2.08. The van der Waals surface area contributed by atoms with Crippen LogP contribution in [0.2, 0.25) is 0 Å². The van der Waals surface area contributed by atoms with Gasteiger partial charge in [-0.1, -0.05) is 13.8 Å². The highest BCUT2D eigenvalue weighted by Crippen LogP contribution is 2.23. The molecule has 0 fully saturated rings. The van der Waals surface area contributed by atoms with E-state index < -0.39 is 0 Å². The van der Waals surface area contributed by atoms with E-state index in [4.69, 9.17) is 0 Å². The summed E-state index contributed by atoms with van der Waals surface area (Å²) in [6.07, 6.45) is 5.17. The van der Waals surface area contributed by atoms with Crippen molar-refractivity contribution in [2.75, 3.05) is 0 Å². The Morgan fingerprint density at radius 3 is 2.81 bits per heavy atom. The number of fused-ring (bicyclic) bond motifs is 1. The van der Waals surface area contributed by atoms with Gasteiger partial charge >= 0.3 is 0 Å². The Labute approximate surface area is 95.7 Å². The first-order valence-electron chi connectivity index (χ1n) is 5.82. The fraction of sp³-hybridized carbons (Fsp3) is 0.583. The van der Waals surface area contributed by atoms with Gasteiger partial charge in [-0.25, -0.2) is 9.97 Å². The van der Waals surface area contributed by atoms with E-state index in [1.807, 2.05) is 11.1 Å². The van der Waals surface area contributed by atoms with Crippen LogP contribution >= 0.6 is 0 Å². The molecule has 2 rings (SSSR count). The van der Waals surface area contributed by atoms with Gasteiger partial charge in [-0.05, 0) is 12.8 Å². The first-order chi connectivity index (χ1) is 7.76. The van der Waals surface area contributed by atoms with E-state index in [1.165, 1.54) is 0 Å². The predicted octanol–water partition coefficient (Wildman–Crippen LogP) is 1.75. The molecule has 0 radical (unpaired) electrons. The SMILES string of the molecule is CCC(CC)C(=O)N1Cc2cncnc2C1. The fourth-order valence-electron chi connectivity index (χ4n) is 2.15. The minimum absolute atomic E-state index is 0.155. The molecular formula is C12H17N3O. The van der Waals surface area contributed by atoms with Crippen molar-refractivity contribution in [3.05, 3.63) is 23.8 Å². The molecule has 1 aromatic heterocycles. The zero-order chi connectivity index (χ0) is 11.5. The van der Waals surface area contributed by atoms with Crippen LogP contribution in [0.4, 0.5) is 0 Å². The average Bonchev–Trinajstić information content (AvgIpc) is 2.74. The molecule has 1 aliphatic heterocycles. The second-order valence-corrected chi connectivity index (χ2v) is 4.20. The molecule has 0 spiro atoms. The summed E-state index contributed by atoms with van der Waals surface area (Å²) in [5.41, 5.74) is 2.08. The Hall–Kier alpha value is -1.45. The Morgan fingerprint density at radius 2 is 2.19 bits per heavy atom. The third-order valence-corrected chi connectivity index (χ3v) is 3.23. The quantitative estimate of drug-likeness (QED) is 0.778. The maximum Gasteiger partial charge on any atom is 0.226 e. The molecule has 4 heteroatoms. The van der Waals surface area contributed by atoms with Crippen molar-refractivity contribution < 1.29 is 4.79 Å². The monoisotopic (exact) mass is 219 g/mol. The summed E-state index contributed by atoms with van der Waals surface area (Å²) in [7, 11) is 0. The van der Waals surface area contributed by atoms with Crippen molar-refractivity contribution in [2.24, 2.45) is 5.92 Å². The van der Waals surface area contributed by atoms with Gasteiger partial charge in [0.15, 0.2) is 0 Å². The van der Waals surface area contributed by atoms with Crippen molar-refractivity contribution in [2.45, 2.75) is 39.8 Å². The van der Waals surface area contributed by atoms with Crippen LogP contribution in [-0.2, 0) is 17.9 Å². The zero-order valence-corrected chi connectivity index (χ0v) is 9.81. The standard InChI is InChI=1S/C12H17N3O/c1-3-9(4-2)12(16)15-6-10-5-13-8-14-11(10)7-15/h5,8-9H,3-4,6-7H2,1-2H3. The Bertz CT molecular complexity index is 363. The van der Waals surface area contributed by atoms with Crippen LogP contribution in [0.15, 0.2) is 12.5 Å².